The van der Waals surface area contributed by atoms with Crippen LogP contribution in [0.3, 0.4) is 0 Å². The van der Waals surface area contributed by atoms with E-state index in [4.69, 9.17) is 4.74 Å². The van der Waals surface area contributed by atoms with Gasteiger partial charge in [0.05, 0.1) is 18.8 Å². The molecule has 0 aromatic heterocycles. The lowest BCUT2D eigenvalue weighted by molar-refractivity contribution is -0.121. The van der Waals surface area contributed by atoms with Gasteiger partial charge in [-0.05, 0) is 12.1 Å². The Morgan fingerprint density at radius 3 is 2.54 bits per heavy atom. The van der Waals surface area contributed by atoms with Crippen LogP contribution in [0.1, 0.15) is 16.8 Å². The van der Waals surface area contributed by atoms with Crippen molar-refractivity contribution in [3.05, 3.63) is 29.8 Å². The molecule has 0 aliphatic carbocycles. The van der Waals surface area contributed by atoms with Gasteiger partial charge in [0, 0.05) is 39.1 Å². The van der Waals surface area contributed by atoms with E-state index < -0.39 is 15.9 Å². The molecule has 26 heavy (non-hydrogen) atoms. The number of rotatable bonds is 6. The Bertz CT molecular complexity index is 765. The molecule has 2 aliphatic heterocycles. The molecule has 2 heterocycles. The molecular weight excluding hydrogens is 382 g/mol. The van der Waals surface area contributed by atoms with Crippen LogP contribution in [0.5, 0.6) is 0 Å². The zero-order chi connectivity index (χ0) is 17.9. The van der Waals surface area contributed by atoms with E-state index in [1.807, 2.05) is 0 Å². The lowest BCUT2D eigenvalue weighted by Crippen LogP contribution is -2.42. The smallest absolute Gasteiger partial charge is 0.269 e. The second kappa shape index (κ2) is 8.81. The van der Waals surface area contributed by atoms with E-state index in [1.165, 1.54) is 12.1 Å². The monoisotopic (exact) mass is 403 g/mol. The molecule has 0 unspecified atom stereocenters. The van der Waals surface area contributed by atoms with Crippen molar-refractivity contribution in [3.63, 3.8) is 0 Å². The van der Waals surface area contributed by atoms with Crippen LogP contribution < -0.4 is 5.32 Å². The van der Waals surface area contributed by atoms with Gasteiger partial charge in [-0.2, -0.15) is 0 Å². The van der Waals surface area contributed by atoms with Gasteiger partial charge < -0.3 is 10.1 Å². The van der Waals surface area contributed by atoms with E-state index in [0.29, 0.717) is 19.8 Å². The third-order valence-electron chi connectivity index (χ3n) is 4.31. The van der Waals surface area contributed by atoms with E-state index in [2.05, 4.69) is 10.2 Å². The van der Waals surface area contributed by atoms with E-state index in [1.54, 1.807) is 12.1 Å². The number of hydrogen-bond acceptors (Lipinski definition) is 6. The lowest BCUT2D eigenvalue weighted by Gasteiger charge is -2.26. The Morgan fingerprint density at radius 2 is 1.85 bits per heavy atom. The van der Waals surface area contributed by atoms with Gasteiger partial charge >= 0.3 is 0 Å². The molecule has 144 valence electrons. The van der Waals surface area contributed by atoms with E-state index in [0.717, 1.165) is 23.9 Å². The van der Waals surface area contributed by atoms with Crippen LogP contribution in [0.15, 0.2) is 29.2 Å². The number of morpholine rings is 1. The average Bonchev–Trinajstić information content (AvgIpc) is 2.81. The summed E-state index contributed by atoms with van der Waals surface area (Å²) < 4.78 is 30.8. The summed E-state index contributed by atoms with van der Waals surface area (Å²) in [5.74, 6) is -0.844. The Balaban J connectivity index is 0.00000243. The summed E-state index contributed by atoms with van der Waals surface area (Å²) in [5.41, 5.74) is 0.162. The van der Waals surface area contributed by atoms with Crippen molar-refractivity contribution < 1.29 is 22.7 Å². The lowest BCUT2D eigenvalue weighted by atomic mass is 10.2. The summed E-state index contributed by atoms with van der Waals surface area (Å²) in [7, 11) is -3.85. The zero-order valence-electron chi connectivity index (χ0n) is 14.2. The van der Waals surface area contributed by atoms with Crippen LogP contribution in [0.4, 0.5) is 0 Å². The first kappa shape index (κ1) is 20.6. The van der Waals surface area contributed by atoms with Gasteiger partial charge in [0.25, 0.3) is 15.9 Å². The fourth-order valence-electron chi connectivity index (χ4n) is 2.92. The molecule has 0 atom stereocenters. The minimum absolute atomic E-state index is 0. The summed E-state index contributed by atoms with van der Waals surface area (Å²) in [6, 6.07) is 6.09. The predicted molar refractivity (Wildman–Crippen MR) is 96.8 cm³/mol. The van der Waals surface area contributed by atoms with Gasteiger partial charge in [-0.15, -0.1) is 12.4 Å². The maximum atomic E-state index is 12.4. The topological polar surface area (TPSA) is 96.0 Å². The van der Waals surface area contributed by atoms with Gasteiger partial charge in [0.2, 0.25) is 5.91 Å². The number of carbonyl (C=O) groups is 2. The van der Waals surface area contributed by atoms with Gasteiger partial charge in [-0.3, -0.25) is 14.5 Å². The summed E-state index contributed by atoms with van der Waals surface area (Å²) in [4.78, 5) is 26.4. The first-order chi connectivity index (χ1) is 12.0. The first-order valence-corrected chi connectivity index (χ1v) is 9.67. The maximum Gasteiger partial charge on any atom is 0.269 e. The normalized spacial score (nSPS) is 18.9. The molecule has 2 aliphatic rings. The minimum atomic E-state index is -3.85. The fourth-order valence-corrected chi connectivity index (χ4v) is 4.49. The largest absolute Gasteiger partial charge is 0.379 e. The van der Waals surface area contributed by atoms with Crippen molar-refractivity contribution in [3.8, 4) is 0 Å². The second-order valence-electron chi connectivity index (χ2n) is 5.93. The predicted octanol–water partition coefficient (Wildman–Crippen LogP) is 0.0914. The quantitative estimate of drug-likeness (QED) is 0.723. The van der Waals surface area contributed by atoms with Crippen molar-refractivity contribution in [2.24, 2.45) is 0 Å². The van der Waals surface area contributed by atoms with E-state index >= 15 is 0 Å². The third-order valence-corrected chi connectivity index (χ3v) is 6.15. The summed E-state index contributed by atoms with van der Waals surface area (Å²) in [5, 5.41) is 2.76. The molecule has 0 spiro atoms. The summed E-state index contributed by atoms with van der Waals surface area (Å²) in [6.07, 6.45) is -0.0535. The number of amides is 2. The summed E-state index contributed by atoms with van der Waals surface area (Å²) >= 11 is 0. The zero-order valence-corrected chi connectivity index (χ0v) is 15.9. The van der Waals surface area contributed by atoms with Crippen molar-refractivity contribution in [1.82, 2.24) is 14.5 Å². The molecule has 1 fully saturated rings. The molecule has 1 aromatic carbocycles. The maximum absolute atomic E-state index is 12.4. The minimum Gasteiger partial charge on any atom is -0.379 e. The van der Waals surface area contributed by atoms with Crippen LogP contribution in [0.2, 0.25) is 0 Å². The van der Waals surface area contributed by atoms with Crippen LogP contribution >= 0.6 is 12.4 Å². The Morgan fingerprint density at radius 1 is 1.15 bits per heavy atom. The number of hydrogen-bond donors (Lipinski definition) is 1. The Hall–Kier alpha value is -1.68. The van der Waals surface area contributed by atoms with Crippen LogP contribution in [-0.2, 0) is 19.6 Å². The molecule has 0 saturated carbocycles. The number of carbonyl (C=O) groups excluding carboxylic acids is 2. The number of ether oxygens (including phenoxy) is 1. The molecular formula is C16H22ClN3O5S. The number of nitrogens with zero attached hydrogens (tertiary/aromatic N) is 2. The van der Waals surface area contributed by atoms with Gasteiger partial charge in [-0.25, -0.2) is 12.7 Å². The first-order valence-electron chi connectivity index (χ1n) is 8.23. The highest BCUT2D eigenvalue weighted by molar-refractivity contribution is 7.90. The molecule has 1 saturated heterocycles. The number of sulfonamides is 1. The third kappa shape index (κ3) is 4.35. The van der Waals surface area contributed by atoms with Crippen LogP contribution in [0, 0.1) is 0 Å². The molecule has 1 aromatic rings. The van der Waals surface area contributed by atoms with Crippen molar-refractivity contribution in [1.29, 1.82) is 0 Å². The van der Waals surface area contributed by atoms with Gasteiger partial charge in [0.15, 0.2) is 0 Å². The molecule has 0 radical (unpaired) electrons. The molecule has 1 N–H and O–H groups in total. The Labute approximate surface area is 158 Å². The van der Waals surface area contributed by atoms with E-state index in [9.17, 15) is 18.0 Å². The highest BCUT2D eigenvalue weighted by Crippen LogP contribution is 2.29. The number of halogens is 1. The number of fused-ring (bicyclic) bond motifs is 1. The van der Waals surface area contributed by atoms with Gasteiger partial charge in [0.1, 0.15) is 4.90 Å². The van der Waals surface area contributed by atoms with Crippen molar-refractivity contribution >= 4 is 34.2 Å². The molecule has 3 rings (SSSR count). The number of nitrogens with one attached hydrogen (secondary N) is 1. The SMILES string of the molecule is Cl.O=C(CCN1C(=O)c2ccccc2S1(=O)=O)NCCN1CCOCC1. The highest BCUT2D eigenvalue weighted by atomic mass is 35.5. The number of benzene rings is 1. The fraction of sp³-hybridized carbons (Fsp3) is 0.500. The van der Waals surface area contributed by atoms with E-state index in [-0.39, 0.29) is 41.7 Å². The standard InChI is InChI=1S/C16H21N3O5S.ClH/c20-15(17-6-8-18-9-11-24-12-10-18)5-7-19-16(21)13-3-1-2-4-14(13)25(19,22)23;/h1-4H,5-12H2,(H,17,20);1H. The van der Waals surface area contributed by atoms with Gasteiger partial charge in [-0.1, -0.05) is 12.1 Å². The Kier molecular flexibility index (Phi) is 6.99. The molecule has 2 amide bonds. The average molecular weight is 404 g/mol. The van der Waals surface area contributed by atoms with Crippen LogP contribution in [-0.4, -0.2) is 75.4 Å². The highest BCUT2D eigenvalue weighted by Gasteiger charge is 2.40. The summed E-state index contributed by atoms with van der Waals surface area (Å²) in [6.45, 7) is 4.14. The van der Waals surface area contributed by atoms with Crippen LogP contribution in [0.25, 0.3) is 0 Å². The molecule has 0 bridgehead atoms. The molecule has 8 nitrogen and oxygen atoms in total. The van der Waals surface area contributed by atoms with Crippen molar-refractivity contribution in [2.75, 3.05) is 45.9 Å². The second-order valence-corrected chi connectivity index (χ2v) is 7.76. The van der Waals surface area contributed by atoms with Crippen molar-refractivity contribution in [2.45, 2.75) is 11.3 Å². The molecule has 10 heteroatoms.